The highest BCUT2D eigenvalue weighted by Crippen LogP contribution is 2.16. The fraction of sp³-hybridized carbons (Fsp3) is 0.154. The second-order valence-electron chi connectivity index (χ2n) is 3.85. The van der Waals surface area contributed by atoms with Crippen molar-refractivity contribution in [1.82, 2.24) is 5.32 Å². The number of carbonyl (C=O) groups is 1. The Morgan fingerprint density at radius 3 is 2.83 bits per heavy atom. The van der Waals surface area contributed by atoms with Gasteiger partial charge in [-0.1, -0.05) is 18.2 Å². The highest BCUT2D eigenvalue weighted by Gasteiger charge is 2.17. The van der Waals surface area contributed by atoms with E-state index in [4.69, 9.17) is 5.73 Å². The molecule has 3 N–H and O–H groups in total. The molecule has 0 aliphatic heterocycles. The van der Waals surface area contributed by atoms with Crippen molar-refractivity contribution < 1.29 is 9.18 Å². The Balaban J connectivity index is 2.11. The van der Waals surface area contributed by atoms with Crippen molar-refractivity contribution >= 4 is 17.2 Å². The normalized spacial score (nSPS) is 12.3. The van der Waals surface area contributed by atoms with Crippen LogP contribution < -0.4 is 11.1 Å². The van der Waals surface area contributed by atoms with Crippen molar-refractivity contribution in [3.8, 4) is 0 Å². The summed E-state index contributed by atoms with van der Waals surface area (Å²) >= 11 is 1.59. The van der Waals surface area contributed by atoms with E-state index in [1.807, 2.05) is 17.5 Å². The van der Waals surface area contributed by atoms with Crippen LogP contribution in [0.1, 0.15) is 16.5 Å². The average molecular weight is 264 g/mol. The molecule has 18 heavy (non-hydrogen) atoms. The lowest BCUT2D eigenvalue weighted by atomic mass is 10.1. The van der Waals surface area contributed by atoms with Gasteiger partial charge in [-0.2, -0.15) is 0 Å². The molecule has 0 aliphatic rings. The highest BCUT2D eigenvalue weighted by atomic mass is 32.1. The fourth-order valence-electron chi connectivity index (χ4n) is 1.68. The first-order valence-electron chi connectivity index (χ1n) is 5.47. The Hall–Kier alpha value is -1.72. The van der Waals surface area contributed by atoms with Crippen molar-refractivity contribution in [2.75, 3.05) is 0 Å². The summed E-state index contributed by atoms with van der Waals surface area (Å²) in [5.74, 6) is -0.895. The maximum Gasteiger partial charge on any atom is 0.239 e. The lowest BCUT2D eigenvalue weighted by Gasteiger charge is -2.15. The van der Waals surface area contributed by atoms with E-state index in [9.17, 15) is 9.18 Å². The van der Waals surface area contributed by atoms with E-state index in [0.717, 1.165) is 4.88 Å². The fourth-order valence-corrected chi connectivity index (χ4v) is 2.34. The molecule has 0 fully saturated rings. The number of primary amides is 1. The summed E-state index contributed by atoms with van der Waals surface area (Å²) in [6, 6.07) is 9.11. The van der Waals surface area contributed by atoms with E-state index in [0.29, 0.717) is 12.1 Å². The number of rotatable bonds is 5. The van der Waals surface area contributed by atoms with Gasteiger partial charge >= 0.3 is 0 Å². The van der Waals surface area contributed by atoms with Crippen molar-refractivity contribution in [2.45, 2.75) is 12.6 Å². The molecule has 1 heterocycles. The van der Waals surface area contributed by atoms with E-state index < -0.39 is 11.9 Å². The van der Waals surface area contributed by atoms with Gasteiger partial charge in [-0.15, -0.1) is 11.3 Å². The van der Waals surface area contributed by atoms with Gasteiger partial charge in [-0.3, -0.25) is 10.1 Å². The molecule has 2 aromatic rings. The molecule has 0 bridgehead atoms. The molecule has 0 radical (unpaired) electrons. The minimum absolute atomic E-state index is 0.378. The molecular formula is C13H13FN2OS. The minimum atomic E-state index is -0.678. The van der Waals surface area contributed by atoms with Crippen molar-refractivity contribution in [3.63, 3.8) is 0 Å². The van der Waals surface area contributed by atoms with E-state index in [-0.39, 0.29) is 5.82 Å². The predicted octanol–water partition coefficient (Wildman–Crippen LogP) is 2.20. The zero-order valence-electron chi connectivity index (χ0n) is 9.60. The summed E-state index contributed by atoms with van der Waals surface area (Å²) in [6.45, 7) is 0.530. The zero-order valence-corrected chi connectivity index (χ0v) is 10.4. The molecule has 94 valence electrons. The molecule has 0 spiro atoms. The molecule has 1 unspecified atom stereocenters. The number of nitrogens with two attached hydrogens (primary N) is 1. The van der Waals surface area contributed by atoms with Crippen LogP contribution in [0.3, 0.4) is 0 Å². The van der Waals surface area contributed by atoms with Gasteiger partial charge < -0.3 is 5.73 Å². The van der Waals surface area contributed by atoms with E-state index in [1.54, 1.807) is 23.5 Å². The number of carbonyl (C=O) groups excluding carboxylic acids is 1. The topological polar surface area (TPSA) is 55.1 Å². The molecule has 1 aromatic carbocycles. The first kappa shape index (κ1) is 12.7. The quantitative estimate of drug-likeness (QED) is 0.870. The summed E-state index contributed by atoms with van der Waals surface area (Å²) in [5.41, 5.74) is 5.88. The molecular weight excluding hydrogens is 251 g/mol. The summed E-state index contributed by atoms with van der Waals surface area (Å²) < 4.78 is 13.1. The Morgan fingerprint density at radius 1 is 1.39 bits per heavy atom. The van der Waals surface area contributed by atoms with Gasteiger partial charge in [0.05, 0.1) is 0 Å². The smallest absolute Gasteiger partial charge is 0.239 e. The number of halogens is 1. The monoisotopic (exact) mass is 264 g/mol. The molecule has 0 aliphatic carbocycles. The maximum absolute atomic E-state index is 13.1. The highest BCUT2D eigenvalue weighted by molar-refractivity contribution is 7.09. The number of thiophene rings is 1. The van der Waals surface area contributed by atoms with Crippen LogP contribution >= 0.6 is 11.3 Å². The third kappa shape index (κ3) is 3.15. The number of hydrogen-bond donors (Lipinski definition) is 2. The first-order valence-corrected chi connectivity index (χ1v) is 6.35. The van der Waals surface area contributed by atoms with Crippen LogP contribution in [-0.4, -0.2) is 5.91 Å². The summed E-state index contributed by atoms with van der Waals surface area (Å²) in [5, 5.41) is 4.99. The van der Waals surface area contributed by atoms with Crippen molar-refractivity contribution in [2.24, 2.45) is 5.73 Å². The van der Waals surface area contributed by atoms with Gasteiger partial charge in [0.25, 0.3) is 0 Å². The van der Waals surface area contributed by atoms with E-state index in [1.165, 1.54) is 12.1 Å². The molecule has 0 saturated carbocycles. The van der Waals surface area contributed by atoms with Gasteiger partial charge in [0.2, 0.25) is 5.91 Å². The standard InChI is InChI=1S/C13H13FN2OS/c14-10-4-1-3-9(7-10)12(13(15)17)16-8-11-5-2-6-18-11/h1-7,12,16H,8H2,(H2,15,17). The molecule has 1 atom stereocenters. The van der Waals surface area contributed by atoms with Crippen LogP contribution in [-0.2, 0) is 11.3 Å². The van der Waals surface area contributed by atoms with Crippen LogP contribution in [0.2, 0.25) is 0 Å². The largest absolute Gasteiger partial charge is 0.368 e. The Morgan fingerprint density at radius 2 is 2.22 bits per heavy atom. The van der Waals surface area contributed by atoms with Gasteiger partial charge in [-0.05, 0) is 29.1 Å². The lowest BCUT2D eigenvalue weighted by Crippen LogP contribution is -2.33. The summed E-state index contributed by atoms with van der Waals surface area (Å²) in [7, 11) is 0. The van der Waals surface area contributed by atoms with Crippen LogP contribution in [0.5, 0.6) is 0 Å². The molecule has 2 rings (SSSR count). The third-order valence-electron chi connectivity index (χ3n) is 2.53. The van der Waals surface area contributed by atoms with Crippen LogP contribution in [0.25, 0.3) is 0 Å². The predicted molar refractivity (Wildman–Crippen MR) is 69.5 cm³/mol. The molecule has 1 aromatic heterocycles. The zero-order chi connectivity index (χ0) is 13.0. The number of hydrogen-bond acceptors (Lipinski definition) is 3. The van der Waals surface area contributed by atoms with Gasteiger partial charge in [0, 0.05) is 11.4 Å². The van der Waals surface area contributed by atoms with Crippen LogP contribution in [0.4, 0.5) is 4.39 Å². The SMILES string of the molecule is NC(=O)C(NCc1cccs1)c1cccc(F)c1. The van der Waals surface area contributed by atoms with Gasteiger partial charge in [0.1, 0.15) is 11.9 Å². The molecule has 5 heteroatoms. The molecule has 3 nitrogen and oxygen atoms in total. The average Bonchev–Trinajstić information content (AvgIpc) is 2.82. The van der Waals surface area contributed by atoms with E-state index >= 15 is 0 Å². The summed E-state index contributed by atoms with van der Waals surface area (Å²) in [4.78, 5) is 12.5. The van der Waals surface area contributed by atoms with E-state index in [2.05, 4.69) is 5.32 Å². The summed E-state index contributed by atoms with van der Waals surface area (Å²) in [6.07, 6.45) is 0. The number of nitrogens with one attached hydrogen (secondary N) is 1. The third-order valence-corrected chi connectivity index (χ3v) is 3.40. The van der Waals surface area contributed by atoms with Crippen LogP contribution in [0.15, 0.2) is 41.8 Å². The maximum atomic E-state index is 13.1. The first-order chi connectivity index (χ1) is 8.66. The van der Waals surface area contributed by atoms with Gasteiger partial charge in [-0.25, -0.2) is 4.39 Å². The Labute approximate surface area is 108 Å². The second-order valence-corrected chi connectivity index (χ2v) is 4.88. The van der Waals surface area contributed by atoms with Crippen LogP contribution in [0, 0.1) is 5.82 Å². The molecule has 0 saturated heterocycles. The van der Waals surface area contributed by atoms with Gasteiger partial charge in [0.15, 0.2) is 0 Å². The Bertz CT molecular complexity index is 528. The van der Waals surface area contributed by atoms with Crippen molar-refractivity contribution in [1.29, 1.82) is 0 Å². The number of benzene rings is 1. The second kappa shape index (κ2) is 5.75. The number of amides is 1. The lowest BCUT2D eigenvalue weighted by molar-refractivity contribution is -0.120. The molecule has 1 amide bonds. The van der Waals surface area contributed by atoms with Crippen molar-refractivity contribution in [3.05, 3.63) is 58.0 Å². The minimum Gasteiger partial charge on any atom is -0.368 e. The Kier molecular flexibility index (Phi) is 4.07.